The Balaban J connectivity index is 3.67. The third-order valence-corrected chi connectivity index (χ3v) is 7.44. The highest BCUT2D eigenvalue weighted by atomic mass is 16.6. The van der Waals surface area contributed by atoms with Crippen LogP contribution in [0.3, 0.4) is 0 Å². The molecule has 1 N–H and O–H groups in total. The van der Waals surface area contributed by atoms with Gasteiger partial charge in [0.15, 0.2) is 6.10 Å². The first-order valence-electron chi connectivity index (χ1n) is 17.5. The van der Waals surface area contributed by atoms with Crippen molar-refractivity contribution in [1.29, 1.82) is 0 Å². The summed E-state index contributed by atoms with van der Waals surface area (Å²) >= 11 is 0. The van der Waals surface area contributed by atoms with Gasteiger partial charge in [-0.25, -0.2) is 0 Å². The summed E-state index contributed by atoms with van der Waals surface area (Å²) in [6, 6.07) is 0. The van der Waals surface area contributed by atoms with Crippen molar-refractivity contribution in [2.24, 2.45) is 0 Å². The molecule has 0 aliphatic carbocycles. The third kappa shape index (κ3) is 31.1. The predicted octanol–water partition coefficient (Wildman–Crippen LogP) is 10.5. The summed E-state index contributed by atoms with van der Waals surface area (Å²) in [6.07, 6.45) is 39.2. The molecule has 0 saturated carbocycles. The van der Waals surface area contributed by atoms with Gasteiger partial charge in [-0.2, -0.15) is 0 Å². The average Bonchev–Trinajstić information content (AvgIpc) is 2.99. The maximum absolute atomic E-state index is 12.1. The van der Waals surface area contributed by atoms with Crippen molar-refractivity contribution in [2.75, 3.05) is 13.2 Å². The van der Waals surface area contributed by atoms with Crippen molar-refractivity contribution in [3.63, 3.8) is 0 Å². The molecule has 1 atom stereocenters. The highest BCUT2D eigenvalue weighted by Crippen LogP contribution is 2.13. The predicted molar refractivity (Wildman–Crippen MR) is 178 cm³/mol. The molecule has 0 heterocycles. The van der Waals surface area contributed by atoms with Gasteiger partial charge in [-0.3, -0.25) is 9.59 Å². The maximum Gasteiger partial charge on any atom is 0.306 e. The van der Waals surface area contributed by atoms with E-state index in [4.69, 9.17) is 9.47 Å². The summed E-state index contributed by atoms with van der Waals surface area (Å²) < 4.78 is 10.5. The molecule has 5 nitrogen and oxygen atoms in total. The van der Waals surface area contributed by atoms with E-state index in [0.717, 1.165) is 38.5 Å². The molecule has 0 aromatic carbocycles. The third-order valence-electron chi connectivity index (χ3n) is 7.44. The van der Waals surface area contributed by atoms with E-state index in [-0.39, 0.29) is 25.2 Å². The quantitative estimate of drug-likeness (QED) is 0.0494. The molecule has 0 fully saturated rings. The van der Waals surface area contributed by atoms with Gasteiger partial charge >= 0.3 is 11.9 Å². The van der Waals surface area contributed by atoms with Gasteiger partial charge in [-0.15, -0.1) is 0 Å². The van der Waals surface area contributed by atoms with Crippen LogP contribution in [0.2, 0.25) is 0 Å². The lowest BCUT2D eigenvalue weighted by Gasteiger charge is -2.15. The second kappa shape index (κ2) is 33.6. The van der Waals surface area contributed by atoms with Gasteiger partial charge < -0.3 is 14.6 Å². The van der Waals surface area contributed by atoms with Gasteiger partial charge in [-0.05, 0) is 44.9 Å². The molecule has 0 amide bonds. The molecule has 5 heteroatoms. The van der Waals surface area contributed by atoms with Crippen LogP contribution in [-0.4, -0.2) is 36.4 Å². The van der Waals surface area contributed by atoms with E-state index in [1.807, 2.05) is 0 Å². The van der Waals surface area contributed by atoms with Crippen LogP contribution >= 0.6 is 0 Å². The SMILES string of the molecule is CCCCCCCC/C=C\C/C=C\C/C=C\CCCC(=O)OC[C@H](CO)OC(=O)CCCCCCCCCCCCC. The molecule has 0 rings (SSSR count). The van der Waals surface area contributed by atoms with Gasteiger partial charge in [0.2, 0.25) is 0 Å². The molecule has 0 saturated heterocycles. The van der Waals surface area contributed by atoms with Crippen molar-refractivity contribution < 1.29 is 24.2 Å². The Morgan fingerprint density at radius 1 is 0.548 bits per heavy atom. The zero-order valence-corrected chi connectivity index (χ0v) is 27.5. The van der Waals surface area contributed by atoms with Gasteiger partial charge in [0.25, 0.3) is 0 Å². The molecule has 0 aromatic heterocycles. The smallest absolute Gasteiger partial charge is 0.306 e. The van der Waals surface area contributed by atoms with Crippen molar-refractivity contribution in [3.05, 3.63) is 36.5 Å². The molecule has 244 valence electrons. The molecule has 0 unspecified atom stereocenters. The zero-order chi connectivity index (χ0) is 30.8. The Morgan fingerprint density at radius 3 is 1.50 bits per heavy atom. The maximum atomic E-state index is 12.1. The molecule has 0 radical (unpaired) electrons. The lowest BCUT2D eigenvalue weighted by molar-refractivity contribution is -0.161. The Labute approximate surface area is 259 Å². The average molecular weight is 591 g/mol. The summed E-state index contributed by atoms with van der Waals surface area (Å²) in [4.78, 5) is 24.1. The van der Waals surface area contributed by atoms with Crippen LogP contribution in [0.5, 0.6) is 0 Å². The lowest BCUT2D eigenvalue weighted by atomic mass is 10.1. The fourth-order valence-electron chi connectivity index (χ4n) is 4.74. The van der Waals surface area contributed by atoms with Gasteiger partial charge in [0, 0.05) is 12.8 Å². The van der Waals surface area contributed by atoms with Crippen molar-refractivity contribution in [1.82, 2.24) is 0 Å². The van der Waals surface area contributed by atoms with E-state index in [1.54, 1.807) is 0 Å². The van der Waals surface area contributed by atoms with E-state index in [1.165, 1.54) is 96.3 Å². The molecule has 42 heavy (non-hydrogen) atoms. The number of aliphatic hydroxyl groups excluding tert-OH is 1. The number of unbranched alkanes of at least 4 members (excludes halogenated alkanes) is 17. The van der Waals surface area contributed by atoms with Crippen LogP contribution in [0, 0.1) is 0 Å². The normalized spacial score (nSPS) is 12.5. The number of rotatable bonds is 31. The number of ether oxygens (including phenoxy) is 2. The Morgan fingerprint density at radius 2 is 0.976 bits per heavy atom. The van der Waals surface area contributed by atoms with Crippen molar-refractivity contribution in [3.8, 4) is 0 Å². The Hall–Kier alpha value is -1.88. The summed E-state index contributed by atoms with van der Waals surface area (Å²) in [7, 11) is 0. The minimum atomic E-state index is -0.786. The number of aliphatic hydroxyl groups is 1. The fourth-order valence-corrected chi connectivity index (χ4v) is 4.74. The van der Waals surface area contributed by atoms with Crippen LogP contribution in [0.15, 0.2) is 36.5 Å². The van der Waals surface area contributed by atoms with E-state index < -0.39 is 6.10 Å². The molecule has 0 aromatic rings. The lowest BCUT2D eigenvalue weighted by Crippen LogP contribution is -2.28. The Kier molecular flexibility index (Phi) is 32.1. The highest BCUT2D eigenvalue weighted by Gasteiger charge is 2.16. The minimum absolute atomic E-state index is 0.0899. The van der Waals surface area contributed by atoms with Crippen LogP contribution in [0.4, 0.5) is 0 Å². The van der Waals surface area contributed by atoms with Crippen LogP contribution in [0.1, 0.15) is 168 Å². The first-order chi connectivity index (χ1) is 20.6. The molecule has 0 spiro atoms. The summed E-state index contributed by atoms with van der Waals surface area (Å²) in [5.74, 6) is -0.652. The van der Waals surface area contributed by atoms with Crippen LogP contribution in [-0.2, 0) is 19.1 Å². The van der Waals surface area contributed by atoms with E-state index in [9.17, 15) is 14.7 Å². The summed E-state index contributed by atoms with van der Waals surface area (Å²) in [5, 5.41) is 9.49. The Bertz CT molecular complexity index is 682. The number of allylic oxidation sites excluding steroid dienone is 6. The second-order valence-corrected chi connectivity index (χ2v) is 11.6. The first-order valence-corrected chi connectivity index (χ1v) is 17.5. The van der Waals surface area contributed by atoms with Gasteiger partial charge in [0.1, 0.15) is 6.61 Å². The highest BCUT2D eigenvalue weighted by molar-refractivity contribution is 5.70. The standard InChI is InChI=1S/C37H66O5/c1-3-5-7-9-11-13-15-16-17-18-19-20-22-23-25-27-29-31-36(39)41-34-35(33-38)42-37(40)32-30-28-26-24-21-14-12-10-8-6-4-2/h16-17,19-20,23,25,35,38H,3-15,18,21-22,24,26-34H2,1-2H3/b17-16-,20-19-,25-23-/t35-/m0/s1. The van der Waals surface area contributed by atoms with Crippen LogP contribution in [0.25, 0.3) is 0 Å². The number of hydrogen-bond acceptors (Lipinski definition) is 5. The number of carbonyl (C=O) groups excluding carboxylic acids is 2. The minimum Gasteiger partial charge on any atom is -0.462 e. The number of carbonyl (C=O) groups is 2. The van der Waals surface area contributed by atoms with E-state index in [2.05, 4.69) is 50.3 Å². The van der Waals surface area contributed by atoms with Gasteiger partial charge in [0.05, 0.1) is 6.61 Å². The van der Waals surface area contributed by atoms with Crippen molar-refractivity contribution in [2.45, 2.75) is 174 Å². The number of hydrogen-bond donors (Lipinski definition) is 1. The fraction of sp³-hybridized carbons (Fsp3) is 0.784. The number of esters is 2. The van der Waals surface area contributed by atoms with E-state index in [0.29, 0.717) is 19.3 Å². The van der Waals surface area contributed by atoms with Gasteiger partial charge in [-0.1, -0.05) is 147 Å². The molecule has 0 aliphatic heterocycles. The summed E-state index contributed by atoms with van der Waals surface area (Å²) in [6.45, 7) is 4.06. The molecule has 0 bridgehead atoms. The topological polar surface area (TPSA) is 72.8 Å². The molecular weight excluding hydrogens is 524 g/mol. The van der Waals surface area contributed by atoms with E-state index >= 15 is 0 Å². The van der Waals surface area contributed by atoms with Crippen LogP contribution < -0.4 is 0 Å². The second-order valence-electron chi connectivity index (χ2n) is 11.6. The molecular formula is C37H66O5. The zero-order valence-electron chi connectivity index (χ0n) is 27.5. The monoisotopic (exact) mass is 590 g/mol. The molecule has 0 aliphatic rings. The van der Waals surface area contributed by atoms with Crippen molar-refractivity contribution >= 4 is 11.9 Å². The largest absolute Gasteiger partial charge is 0.462 e. The first kappa shape index (κ1) is 40.1. The summed E-state index contributed by atoms with van der Waals surface area (Å²) in [5.41, 5.74) is 0.